The second-order valence-electron chi connectivity index (χ2n) is 3.95. The zero-order valence-electron chi connectivity index (χ0n) is 7.36. The average Bonchev–Trinajstić information content (AvgIpc) is 2.55. The van der Waals surface area contributed by atoms with Crippen molar-refractivity contribution in [2.24, 2.45) is 23.7 Å². The van der Waals surface area contributed by atoms with E-state index in [4.69, 9.17) is 0 Å². The Labute approximate surface area is 73.2 Å². The molecule has 1 nitrogen and oxygen atoms in total. The summed E-state index contributed by atoms with van der Waals surface area (Å²) < 4.78 is 0. The molecule has 4 atom stereocenters. The highest BCUT2D eigenvalue weighted by molar-refractivity contribution is 5.95. The van der Waals surface area contributed by atoms with Gasteiger partial charge >= 0.3 is 0 Å². The van der Waals surface area contributed by atoms with Gasteiger partial charge in [0.15, 0.2) is 5.78 Å². The molecule has 0 aromatic heterocycles. The highest BCUT2D eigenvalue weighted by Gasteiger charge is 2.43. The number of hydrogen-bond donors (Lipinski definition) is 0. The van der Waals surface area contributed by atoms with Gasteiger partial charge in [-0.05, 0) is 30.3 Å². The van der Waals surface area contributed by atoms with E-state index in [2.05, 4.69) is 19.6 Å². The van der Waals surface area contributed by atoms with E-state index >= 15 is 0 Å². The maximum Gasteiger partial charge on any atom is 0.159 e. The minimum atomic E-state index is 0.271. The van der Waals surface area contributed by atoms with Crippen LogP contribution in [0.15, 0.2) is 24.8 Å². The molecule has 0 N–H and O–H groups in total. The quantitative estimate of drug-likeness (QED) is 0.540. The number of fused-ring (bicyclic) bond motifs is 1. The normalized spacial score (nSPS) is 44.9. The Kier molecular flexibility index (Phi) is 1.67. The first-order valence-corrected chi connectivity index (χ1v) is 4.58. The van der Waals surface area contributed by atoms with E-state index in [1.54, 1.807) is 6.08 Å². The SMILES string of the molecule is C=C[C@@H]1C[C@@H]2C=CC(=O)C2[C@H]1C. The molecule has 1 fully saturated rings. The molecule has 0 aromatic carbocycles. The van der Waals surface area contributed by atoms with Crippen LogP contribution < -0.4 is 0 Å². The molecule has 1 saturated carbocycles. The number of hydrogen-bond acceptors (Lipinski definition) is 1. The monoisotopic (exact) mass is 162 g/mol. The predicted molar refractivity (Wildman–Crippen MR) is 48.6 cm³/mol. The lowest BCUT2D eigenvalue weighted by atomic mass is 9.88. The first-order chi connectivity index (χ1) is 5.74. The molecule has 2 aliphatic rings. The van der Waals surface area contributed by atoms with Gasteiger partial charge in [0.2, 0.25) is 0 Å². The van der Waals surface area contributed by atoms with Crippen LogP contribution in [0, 0.1) is 23.7 Å². The lowest BCUT2D eigenvalue weighted by molar-refractivity contribution is -0.118. The van der Waals surface area contributed by atoms with Gasteiger partial charge in [0.25, 0.3) is 0 Å². The molecule has 0 saturated heterocycles. The minimum Gasteiger partial charge on any atom is -0.295 e. The largest absolute Gasteiger partial charge is 0.295 e. The van der Waals surface area contributed by atoms with Crippen molar-refractivity contribution in [1.29, 1.82) is 0 Å². The summed E-state index contributed by atoms with van der Waals surface area (Å²) in [5.41, 5.74) is 0. The summed E-state index contributed by atoms with van der Waals surface area (Å²) in [5, 5.41) is 0. The van der Waals surface area contributed by atoms with Crippen LogP contribution >= 0.6 is 0 Å². The maximum atomic E-state index is 11.4. The standard InChI is InChI=1S/C11H14O/c1-3-8-6-9-4-5-10(12)11(9)7(8)2/h3-5,7-9,11H,1,6H2,2H3/t7-,8+,9-,11?/m0/s1. The second-order valence-corrected chi connectivity index (χ2v) is 3.95. The van der Waals surface area contributed by atoms with Crippen molar-refractivity contribution < 1.29 is 4.79 Å². The first kappa shape index (κ1) is 7.78. The topological polar surface area (TPSA) is 17.1 Å². The van der Waals surface area contributed by atoms with Crippen molar-refractivity contribution >= 4 is 5.78 Å². The van der Waals surface area contributed by atoms with E-state index in [9.17, 15) is 4.79 Å². The Bertz CT molecular complexity index is 252. The van der Waals surface area contributed by atoms with Gasteiger partial charge in [0, 0.05) is 5.92 Å². The smallest absolute Gasteiger partial charge is 0.159 e. The maximum absolute atomic E-state index is 11.4. The van der Waals surface area contributed by atoms with Gasteiger partial charge in [0.05, 0.1) is 0 Å². The lowest BCUT2D eigenvalue weighted by Crippen LogP contribution is -2.17. The Hall–Kier alpha value is -0.850. The molecule has 2 rings (SSSR count). The third kappa shape index (κ3) is 0.889. The van der Waals surface area contributed by atoms with Crippen molar-refractivity contribution in [2.45, 2.75) is 13.3 Å². The van der Waals surface area contributed by atoms with Crippen LogP contribution in [0.3, 0.4) is 0 Å². The third-order valence-corrected chi connectivity index (χ3v) is 3.39. The summed E-state index contributed by atoms with van der Waals surface area (Å²) in [6.07, 6.45) is 6.96. The van der Waals surface area contributed by atoms with Crippen molar-refractivity contribution in [3.63, 3.8) is 0 Å². The molecule has 0 spiro atoms. The van der Waals surface area contributed by atoms with E-state index in [0.29, 0.717) is 23.5 Å². The van der Waals surface area contributed by atoms with Crippen LogP contribution in [-0.2, 0) is 4.79 Å². The van der Waals surface area contributed by atoms with E-state index in [0.717, 1.165) is 6.42 Å². The molecule has 1 unspecified atom stereocenters. The van der Waals surface area contributed by atoms with Crippen LogP contribution in [0.2, 0.25) is 0 Å². The van der Waals surface area contributed by atoms with Crippen molar-refractivity contribution in [2.75, 3.05) is 0 Å². The molecule has 1 heteroatoms. The second kappa shape index (κ2) is 2.58. The number of carbonyl (C=O) groups excluding carboxylic acids is 1. The number of ketones is 1. The van der Waals surface area contributed by atoms with Gasteiger partial charge in [0.1, 0.15) is 0 Å². The van der Waals surface area contributed by atoms with Gasteiger partial charge in [-0.15, -0.1) is 6.58 Å². The zero-order chi connectivity index (χ0) is 8.72. The molecule has 0 heterocycles. The van der Waals surface area contributed by atoms with Crippen LogP contribution in [-0.4, -0.2) is 5.78 Å². The summed E-state index contributed by atoms with van der Waals surface area (Å²) in [6, 6.07) is 0. The van der Waals surface area contributed by atoms with Crippen molar-refractivity contribution in [3.8, 4) is 0 Å². The Morgan fingerprint density at radius 3 is 3.00 bits per heavy atom. The van der Waals surface area contributed by atoms with Crippen LogP contribution in [0.1, 0.15) is 13.3 Å². The highest BCUT2D eigenvalue weighted by atomic mass is 16.1. The fourth-order valence-electron chi connectivity index (χ4n) is 2.64. The van der Waals surface area contributed by atoms with Crippen LogP contribution in [0.25, 0.3) is 0 Å². The molecule has 0 aromatic rings. The predicted octanol–water partition coefficient (Wildman–Crippen LogP) is 2.20. The van der Waals surface area contributed by atoms with E-state index in [-0.39, 0.29) is 5.92 Å². The zero-order valence-corrected chi connectivity index (χ0v) is 7.36. The Balaban J connectivity index is 2.24. The molecule has 0 aliphatic heterocycles. The van der Waals surface area contributed by atoms with E-state index < -0.39 is 0 Å². The van der Waals surface area contributed by atoms with Gasteiger partial charge in [-0.2, -0.15) is 0 Å². The van der Waals surface area contributed by atoms with Crippen LogP contribution in [0.5, 0.6) is 0 Å². The molecule has 12 heavy (non-hydrogen) atoms. The van der Waals surface area contributed by atoms with Gasteiger partial charge in [-0.3, -0.25) is 4.79 Å². The number of rotatable bonds is 1. The van der Waals surface area contributed by atoms with Crippen molar-refractivity contribution in [1.82, 2.24) is 0 Å². The molecule has 64 valence electrons. The molecular weight excluding hydrogens is 148 g/mol. The number of allylic oxidation sites excluding steroid dienone is 3. The van der Waals surface area contributed by atoms with Crippen molar-refractivity contribution in [3.05, 3.63) is 24.8 Å². The fraction of sp³-hybridized carbons (Fsp3) is 0.545. The highest BCUT2D eigenvalue weighted by Crippen LogP contribution is 2.45. The average molecular weight is 162 g/mol. The van der Waals surface area contributed by atoms with Crippen LogP contribution in [0.4, 0.5) is 0 Å². The summed E-state index contributed by atoms with van der Waals surface area (Å²) in [4.78, 5) is 11.4. The van der Waals surface area contributed by atoms with Gasteiger partial charge in [-0.25, -0.2) is 0 Å². The number of carbonyl (C=O) groups is 1. The fourth-order valence-corrected chi connectivity index (χ4v) is 2.64. The molecule has 0 radical (unpaired) electrons. The van der Waals surface area contributed by atoms with E-state index in [1.165, 1.54) is 0 Å². The molecule has 2 aliphatic carbocycles. The molecular formula is C11H14O. The Morgan fingerprint density at radius 2 is 2.42 bits per heavy atom. The van der Waals surface area contributed by atoms with Gasteiger partial charge in [-0.1, -0.05) is 19.1 Å². The van der Waals surface area contributed by atoms with Gasteiger partial charge < -0.3 is 0 Å². The lowest BCUT2D eigenvalue weighted by Gasteiger charge is -2.14. The molecule has 0 amide bonds. The summed E-state index contributed by atoms with van der Waals surface area (Å²) in [7, 11) is 0. The Morgan fingerprint density at radius 1 is 1.67 bits per heavy atom. The minimum absolute atomic E-state index is 0.271. The van der Waals surface area contributed by atoms with E-state index in [1.807, 2.05) is 6.08 Å². The third-order valence-electron chi connectivity index (χ3n) is 3.39. The summed E-state index contributed by atoms with van der Waals surface area (Å²) >= 11 is 0. The summed E-state index contributed by atoms with van der Waals surface area (Å²) in [5.74, 6) is 2.16. The molecule has 0 bridgehead atoms. The summed E-state index contributed by atoms with van der Waals surface area (Å²) in [6.45, 7) is 5.98. The first-order valence-electron chi connectivity index (χ1n) is 4.58.